The standard InChI is InChI=1S/C40H28N4S/c1-43-39(27-12-4-2-5-13-27)41-38(42-40(43)28-14-6-3-7-15-28)26-20-22-29(23-21-26)44-32-18-10-8-16-30(32)36-33(44)24-25-35-37(36)31-17-9-11-19-34(31)45-35/h2-25,39H,1H3. The average Bonchev–Trinajstić information content (AvgIpc) is 3.65. The predicted molar refractivity (Wildman–Crippen MR) is 190 cm³/mol. The second kappa shape index (κ2) is 10.3. The molecule has 0 N–H and O–H groups in total. The van der Waals surface area contributed by atoms with Crippen LogP contribution in [0.25, 0.3) is 47.7 Å². The zero-order valence-corrected chi connectivity index (χ0v) is 25.4. The van der Waals surface area contributed by atoms with Gasteiger partial charge in [-0.3, -0.25) is 0 Å². The number of hydrogen-bond donors (Lipinski definition) is 0. The van der Waals surface area contributed by atoms with Crippen LogP contribution in [0.3, 0.4) is 0 Å². The zero-order chi connectivity index (χ0) is 29.9. The van der Waals surface area contributed by atoms with E-state index in [0.29, 0.717) is 0 Å². The minimum absolute atomic E-state index is 0.172. The van der Waals surface area contributed by atoms with Crippen LogP contribution in [-0.4, -0.2) is 28.2 Å². The molecule has 0 spiro atoms. The number of hydrogen-bond acceptors (Lipinski definition) is 4. The third-order valence-corrected chi connectivity index (χ3v) is 9.98. The van der Waals surface area contributed by atoms with Gasteiger partial charge in [0.25, 0.3) is 0 Å². The molecule has 1 atom stereocenters. The monoisotopic (exact) mass is 596 g/mol. The van der Waals surface area contributed by atoms with Crippen LogP contribution in [0.1, 0.15) is 22.9 Å². The quantitative estimate of drug-likeness (QED) is 0.199. The summed E-state index contributed by atoms with van der Waals surface area (Å²) in [7, 11) is 2.07. The number of aliphatic imine (C=N–C) groups is 2. The Morgan fingerprint density at radius 2 is 1.24 bits per heavy atom. The molecule has 1 aliphatic heterocycles. The van der Waals surface area contributed by atoms with E-state index in [1.807, 2.05) is 23.5 Å². The number of aromatic nitrogens is 1. The van der Waals surface area contributed by atoms with E-state index in [1.54, 1.807) is 0 Å². The van der Waals surface area contributed by atoms with Crippen LogP contribution >= 0.6 is 11.3 Å². The van der Waals surface area contributed by atoms with Gasteiger partial charge < -0.3 is 9.47 Å². The van der Waals surface area contributed by atoms with E-state index >= 15 is 0 Å². The Morgan fingerprint density at radius 1 is 0.556 bits per heavy atom. The van der Waals surface area contributed by atoms with Gasteiger partial charge in [-0.1, -0.05) is 97.1 Å². The lowest BCUT2D eigenvalue weighted by Crippen LogP contribution is -2.35. The SMILES string of the molecule is CN1C(c2ccccc2)=NC(c2ccc(-n3c4ccccc4c4c5c(ccc43)sc3ccccc35)cc2)=NC1c1ccccc1. The van der Waals surface area contributed by atoms with E-state index in [2.05, 4.69) is 150 Å². The molecule has 0 saturated carbocycles. The smallest absolute Gasteiger partial charge is 0.159 e. The van der Waals surface area contributed by atoms with Gasteiger partial charge in [0.05, 0.1) is 11.0 Å². The van der Waals surface area contributed by atoms with Crippen LogP contribution < -0.4 is 0 Å². The molecule has 0 fully saturated rings. The Hall–Kier alpha value is -5.52. The Bertz CT molecular complexity index is 2430. The van der Waals surface area contributed by atoms with Crippen molar-refractivity contribution in [2.24, 2.45) is 9.98 Å². The van der Waals surface area contributed by atoms with E-state index in [-0.39, 0.29) is 6.17 Å². The average molecular weight is 597 g/mol. The highest BCUT2D eigenvalue weighted by Gasteiger charge is 2.26. The van der Waals surface area contributed by atoms with Crippen molar-refractivity contribution in [1.82, 2.24) is 9.47 Å². The summed E-state index contributed by atoms with van der Waals surface area (Å²) in [5.74, 6) is 1.65. The predicted octanol–water partition coefficient (Wildman–Crippen LogP) is 9.99. The number of fused-ring (bicyclic) bond motifs is 7. The number of thiophene rings is 1. The van der Waals surface area contributed by atoms with E-state index in [9.17, 15) is 0 Å². The molecule has 0 saturated heterocycles. The highest BCUT2D eigenvalue weighted by Crippen LogP contribution is 2.43. The topological polar surface area (TPSA) is 32.9 Å². The molecular formula is C40H28N4S. The van der Waals surface area contributed by atoms with Gasteiger partial charge in [-0.2, -0.15) is 0 Å². The van der Waals surface area contributed by atoms with E-state index in [4.69, 9.17) is 9.98 Å². The second-order valence-corrected chi connectivity index (χ2v) is 12.6. The van der Waals surface area contributed by atoms with Gasteiger partial charge in [0.15, 0.2) is 5.84 Å². The summed E-state index contributed by atoms with van der Waals surface area (Å²) in [4.78, 5) is 12.5. The lowest BCUT2D eigenvalue weighted by Gasteiger charge is -2.32. The highest BCUT2D eigenvalue weighted by molar-refractivity contribution is 7.26. The van der Waals surface area contributed by atoms with Gasteiger partial charge in [-0.05, 0) is 54.1 Å². The Labute approximate surface area is 264 Å². The first kappa shape index (κ1) is 25.9. The fraction of sp³-hybridized carbons (Fsp3) is 0.0500. The van der Waals surface area contributed by atoms with Gasteiger partial charge in [-0.25, -0.2) is 9.98 Å². The van der Waals surface area contributed by atoms with Crippen molar-refractivity contribution < 1.29 is 0 Å². The molecule has 1 unspecified atom stereocenters. The van der Waals surface area contributed by atoms with Gasteiger partial charge in [0.1, 0.15) is 12.0 Å². The zero-order valence-electron chi connectivity index (χ0n) is 24.6. The molecule has 1 aliphatic rings. The number of para-hydroxylation sites is 1. The molecule has 0 aliphatic carbocycles. The molecule has 5 heteroatoms. The summed E-state index contributed by atoms with van der Waals surface area (Å²) in [5, 5.41) is 5.25. The molecule has 8 aromatic rings. The summed E-state index contributed by atoms with van der Waals surface area (Å²) < 4.78 is 5.04. The molecule has 9 rings (SSSR count). The van der Waals surface area contributed by atoms with E-state index in [0.717, 1.165) is 34.0 Å². The molecule has 45 heavy (non-hydrogen) atoms. The lowest BCUT2D eigenvalue weighted by molar-refractivity contribution is 0.383. The maximum Gasteiger partial charge on any atom is 0.159 e. The number of nitrogens with zero attached hydrogens (tertiary/aromatic N) is 4. The van der Waals surface area contributed by atoms with Crippen molar-refractivity contribution in [2.75, 3.05) is 7.05 Å². The van der Waals surface area contributed by atoms with Crippen LogP contribution in [0.4, 0.5) is 0 Å². The molecule has 214 valence electrons. The van der Waals surface area contributed by atoms with Crippen LogP contribution in [-0.2, 0) is 0 Å². The summed E-state index contributed by atoms with van der Waals surface area (Å²) >= 11 is 1.87. The normalized spacial score (nSPS) is 15.2. The molecule has 3 heterocycles. The molecule has 0 radical (unpaired) electrons. The fourth-order valence-corrected chi connectivity index (χ4v) is 7.87. The largest absolute Gasteiger partial charge is 0.333 e. The summed E-state index contributed by atoms with van der Waals surface area (Å²) in [6.45, 7) is 0. The summed E-state index contributed by atoms with van der Waals surface area (Å²) in [5.41, 5.74) is 6.73. The first-order chi connectivity index (χ1) is 22.2. The first-order valence-electron chi connectivity index (χ1n) is 15.2. The highest BCUT2D eigenvalue weighted by atomic mass is 32.1. The van der Waals surface area contributed by atoms with Crippen LogP contribution in [0.2, 0.25) is 0 Å². The van der Waals surface area contributed by atoms with Crippen molar-refractivity contribution in [3.8, 4) is 5.69 Å². The molecule has 0 amide bonds. The Kier molecular flexibility index (Phi) is 5.93. The van der Waals surface area contributed by atoms with Crippen molar-refractivity contribution in [3.05, 3.63) is 162 Å². The second-order valence-electron chi connectivity index (χ2n) is 11.5. The van der Waals surface area contributed by atoms with E-state index in [1.165, 1.54) is 42.0 Å². The molecule has 2 aromatic heterocycles. The lowest BCUT2D eigenvalue weighted by atomic mass is 10.1. The molecule has 0 bridgehead atoms. The van der Waals surface area contributed by atoms with Crippen LogP contribution in [0, 0.1) is 0 Å². The minimum atomic E-state index is -0.172. The number of amidine groups is 2. The molecular weight excluding hydrogens is 569 g/mol. The maximum atomic E-state index is 5.18. The minimum Gasteiger partial charge on any atom is -0.333 e. The van der Waals surface area contributed by atoms with Crippen molar-refractivity contribution in [1.29, 1.82) is 0 Å². The Balaban J connectivity index is 1.20. The van der Waals surface area contributed by atoms with Gasteiger partial charge in [-0.15, -0.1) is 11.3 Å². The first-order valence-corrected chi connectivity index (χ1v) is 16.0. The number of rotatable bonds is 4. The van der Waals surface area contributed by atoms with Gasteiger partial charge >= 0.3 is 0 Å². The molecule has 6 aromatic carbocycles. The number of benzene rings is 6. The van der Waals surface area contributed by atoms with Crippen LogP contribution in [0.5, 0.6) is 0 Å². The van der Waals surface area contributed by atoms with Gasteiger partial charge in [0, 0.05) is 54.8 Å². The summed E-state index contributed by atoms with van der Waals surface area (Å²) in [6, 6.07) is 51.6. The van der Waals surface area contributed by atoms with Crippen molar-refractivity contribution in [3.63, 3.8) is 0 Å². The summed E-state index contributed by atoms with van der Waals surface area (Å²) in [6.07, 6.45) is -0.172. The Morgan fingerprint density at radius 3 is 2.04 bits per heavy atom. The van der Waals surface area contributed by atoms with E-state index < -0.39 is 0 Å². The third-order valence-electron chi connectivity index (χ3n) is 8.85. The van der Waals surface area contributed by atoms with Crippen molar-refractivity contribution >= 4 is 65.0 Å². The molecule has 4 nitrogen and oxygen atoms in total. The maximum absolute atomic E-state index is 5.18. The fourth-order valence-electron chi connectivity index (χ4n) is 6.76. The van der Waals surface area contributed by atoms with Crippen molar-refractivity contribution in [2.45, 2.75) is 6.17 Å². The van der Waals surface area contributed by atoms with Gasteiger partial charge in [0.2, 0.25) is 0 Å². The third kappa shape index (κ3) is 4.12. The van der Waals surface area contributed by atoms with Crippen LogP contribution in [0.15, 0.2) is 156 Å².